The average Bonchev–Trinajstić information content (AvgIpc) is 2.47. The van der Waals surface area contributed by atoms with Crippen LogP contribution in [0.4, 0.5) is 0 Å². The van der Waals surface area contributed by atoms with Gasteiger partial charge in [0.2, 0.25) is 0 Å². The molecular weight excluding hydrogens is 136 g/mol. The molecule has 0 spiro atoms. The van der Waals surface area contributed by atoms with E-state index >= 15 is 0 Å². The van der Waals surface area contributed by atoms with Crippen molar-refractivity contribution in [3.05, 3.63) is 36.2 Å². The molecule has 0 saturated carbocycles. The van der Waals surface area contributed by atoms with E-state index in [1.165, 1.54) is 11.2 Å². The van der Waals surface area contributed by atoms with Crippen LogP contribution in [0.15, 0.2) is 30.5 Å². The lowest BCUT2D eigenvalue weighted by molar-refractivity contribution is 0.860. The highest BCUT2D eigenvalue weighted by molar-refractivity contribution is 5.47. The van der Waals surface area contributed by atoms with Gasteiger partial charge in [0.05, 0.1) is 5.52 Å². The third-order valence-corrected chi connectivity index (χ3v) is 1.86. The normalized spacial score (nSPS) is 10.6. The molecule has 0 unspecified atom stereocenters. The lowest BCUT2D eigenvalue weighted by Gasteiger charge is -1.95. The molecular formula is C9H10N2. The summed E-state index contributed by atoms with van der Waals surface area (Å²) in [6.45, 7) is 2.14. The zero-order valence-corrected chi connectivity index (χ0v) is 6.49. The van der Waals surface area contributed by atoms with Crippen LogP contribution < -0.4 is 0 Å². The number of hydrogen-bond donors (Lipinski definition) is 0. The molecule has 0 saturated heterocycles. The summed E-state index contributed by atoms with van der Waals surface area (Å²) in [7, 11) is 0. The Morgan fingerprint density at radius 1 is 1.36 bits per heavy atom. The molecule has 2 heterocycles. The highest BCUT2D eigenvalue weighted by Crippen LogP contribution is 2.07. The van der Waals surface area contributed by atoms with Crippen molar-refractivity contribution >= 4 is 5.52 Å². The van der Waals surface area contributed by atoms with Crippen LogP contribution in [0.3, 0.4) is 0 Å². The molecule has 2 aromatic heterocycles. The fourth-order valence-electron chi connectivity index (χ4n) is 1.27. The third kappa shape index (κ3) is 0.909. The molecule has 0 amide bonds. The van der Waals surface area contributed by atoms with Gasteiger partial charge in [0.25, 0.3) is 0 Å². The van der Waals surface area contributed by atoms with Crippen LogP contribution in [0, 0.1) is 0 Å². The number of rotatable bonds is 1. The first kappa shape index (κ1) is 6.40. The van der Waals surface area contributed by atoms with Gasteiger partial charge in [-0.1, -0.05) is 6.92 Å². The van der Waals surface area contributed by atoms with E-state index in [1.54, 1.807) is 0 Å². The molecule has 2 nitrogen and oxygen atoms in total. The molecule has 0 aliphatic rings. The number of aromatic nitrogens is 2. The molecule has 2 rings (SSSR count). The van der Waals surface area contributed by atoms with Crippen molar-refractivity contribution < 1.29 is 0 Å². The van der Waals surface area contributed by atoms with Gasteiger partial charge in [0, 0.05) is 11.9 Å². The minimum atomic E-state index is 1.03. The van der Waals surface area contributed by atoms with Gasteiger partial charge in [-0.05, 0) is 30.7 Å². The van der Waals surface area contributed by atoms with Crippen molar-refractivity contribution in [3.8, 4) is 0 Å². The first-order valence-corrected chi connectivity index (χ1v) is 3.83. The van der Waals surface area contributed by atoms with Gasteiger partial charge in [0.15, 0.2) is 0 Å². The maximum atomic E-state index is 4.23. The maximum Gasteiger partial charge on any atom is 0.0649 e. The average molecular weight is 146 g/mol. The van der Waals surface area contributed by atoms with Crippen LogP contribution in [0.5, 0.6) is 0 Å². The summed E-state index contributed by atoms with van der Waals surface area (Å²) in [5.41, 5.74) is 2.44. The van der Waals surface area contributed by atoms with Gasteiger partial charge in [-0.15, -0.1) is 0 Å². The Morgan fingerprint density at radius 3 is 3.09 bits per heavy atom. The van der Waals surface area contributed by atoms with E-state index in [9.17, 15) is 0 Å². The van der Waals surface area contributed by atoms with Crippen LogP contribution in [0.1, 0.15) is 12.6 Å². The summed E-state index contributed by atoms with van der Waals surface area (Å²) in [4.78, 5) is 0. The van der Waals surface area contributed by atoms with Crippen LogP contribution >= 0.6 is 0 Å². The van der Waals surface area contributed by atoms with Crippen molar-refractivity contribution in [3.63, 3.8) is 0 Å². The first-order chi connectivity index (χ1) is 5.42. The van der Waals surface area contributed by atoms with Crippen LogP contribution in [-0.2, 0) is 6.42 Å². The summed E-state index contributed by atoms with van der Waals surface area (Å²) in [5.74, 6) is 0. The highest BCUT2D eigenvalue weighted by Gasteiger charge is 1.96. The van der Waals surface area contributed by atoms with Crippen molar-refractivity contribution in [1.82, 2.24) is 9.61 Å². The second-order valence-electron chi connectivity index (χ2n) is 2.54. The molecule has 2 aromatic rings. The van der Waals surface area contributed by atoms with Gasteiger partial charge < -0.3 is 0 Å². The zero-order valence-electron chi connectivity index (χ0n) is 6.49. The number of aryl methyl sites for hydroxylation is 1. The predicted octanol–water partition coefficient (Wildman–Crippen LogP) is 1.90. The molecule has 11 heavy (non-hydrogen) atoms. The van der Waals surface area contributed by atoms with E-state index in [4.69, 9.17) is 0 Å². The minimum Gasteiger partial charge on any atom is -0.238 e. The number of fused-ring (bicyclic) bond motifs is 1. The Morgan fingerprint density at radius 2 is 2.27 bits per heavy atom. The highest BCUT2D eigenvalue weighted by atomic mass is 15.2. The zero-order chi connectivity index (χ0) is 7.68. The molecule has 0 radical (unpaired) electrons. The lowest BCUT2D eigenvalue weighted by atomic mass is 10.3. The Labute approximate surface area is 65.5 Å². The Balaban J connectivity index is 2.76. The van der Waals surface area contributed by atoms with Crippen LogP contribution in [0.25, 0.3) is 5.52 Å². The van der Waals surface area contributed by atoms with E-state index in [0.29, 0.717) is 0 Å². The summed E-state index contributed by atoms with van der Waals surface area (Å²) >= 11 is 0. The van der Waals surface area contributed by atoms with Crippen LogP contribution in [-0.4, -0.2) is 9.61 Å². The number of hydrogen-bond acceptors (Lipinski definition) is 1. The van der Waals surface area contributed by atoms with E-state index in [-0.39, 0.29) is 0 Å². The molecule has 0 aliphatic carbocycles. The predicted molar refractivity (Wildman–Crippen MR) is 44.6 cm³/mol. The van der Waals surface area contributed by atoms with Gasteiger partial charge in [-0.3, -0.25) is 0 Å². The standard InChI is InChI=1S/C9H10N2/c1-2-8-5-6-9-4-3-7-10-11(8)9/h3-7H,2H2,1H3. The molecule has 56 valence electrons. The fraction of sp³-hybridized carbons (Fsp3) is 0.222. The summed E-state index contributed by atoms with van der Waals surface area (Å²) < 4.78 is 1.97. The molecule has 0 fully saturated rings. The summed E-state index contributed by atoms with van der Waals surface area (Å²) in [6.07, 6.45) is 2.84. The monoisotopic (exact) mass is 146 g/mol. The van der Waals surface area contributed by atoms with Crippen LogP contribution in [0.2, 0.25) is 0 Å². The molecule has 0 aliphatic heterocycles. The largest absolute Gasteiger partial charge is 0.238 e. The van der Waals surface area contributed by atoms with Gasteiger partial charge in [0.1, 0.15) is 0 Å². The fourth-order valence-corrected chi connectivity index (χ4v) is 1.27. The molecule has 2 heteroatoms. The Bertz CT molecular complexity index is 362. The summed E-state index contributed by atoms with van der Waals surface area (Å²) in [6, 6.07) is 8.22. The number of nitrogens with zero attached hydrogens (tertiary/aromatic N) is 2. The van der Waals surface area contributed by atoms with Gasteiger partial charge in [-0.25, -0.2) is 4.52 Å². The third-order valence-electron chi connectivity index (χ3n) is 1.86. The SMILES string of the molecule is CCc1ccc2cccnn12. The molecule has 0 N–H and O–H groups in total. The van der Waals surface area contributed by atoms with E-state index in [1.807, 2.05) is 16.8 Å². The maximum absolute atomic E-state index is 4.23. The van der Waals surface area contributed by atoms with E-state index < -0.39 is 0 Å². The van der Waals surface area contributed by atoms with E-state index in [2.05, 4.69) is 30.2 Å². The van der Waals surface area contributed by atoms with Crippen molar-refractivity contribution in [2.24, 2.45) is 0 Å². The van der Waals surface area contributed by atoms with Crippen molar-refractivity contribution in [2.45, 2.75) is 13.3 Å². The van der Waals surface area contributed by atoms with Crippen molar-refractivity contribution in [2.75, 3.05) is 0 Å². The molecule has 0 atom stereocenters. The Hall–Kier alpha value is -1.31. The second kappa shape index (κ2) is 2.38. The minimum absolute atomic E-state index is 1.03. The van der Waals surface area contributed by atoms with Crippen molar-refractivity contribution in [1.29, 1.82) is 0 Å². The Kier molecular flexibility index (Phi) is 1.39. The van der Waals surface area contributed by atoms with Gasteiger partial charge in [-0.2, -0.15) is 5.10 Å². The quantitative estimate of drug-likeness (QED) is 0.600. The summed E-state index contributed by atoms with van der Waals surface area (Å²) in [5, 5.41) is 4.23. The van der Waals surface area contributed by atoms with Gasteiger partial charge >= 0.3 is 0 Å². The smallest absolute Gasteiger partial charge is 0.0649 e. The molecule has 0 aromatic carbocycles. The van der Waals surface area contributed by atoms with E-state index in [0.717, 1.165) is 6.42 Å². The lowest BCUT2D eigenvalue weighted by Crippen LogP contribution is -1.93. The second-order valence-corrected chi connectivity index (χ2v) is 2.54. The topological polar surface area (TPSA) is 17.3 Å². The molecule has 0 bridgehead atoms. The first-order valence-electron chi connectivity index (χ1n) is 3.83.